The Balaban J connectivity index is 0.000000195. The fourth-order valence-corrected chi connectivity index (χ4v) is 9.41. The molecule has 306 valence electrons. The molecule has 8 rings (SSSR count). The Bertz CT molecular complexity index is 1860. The van der Waals surface area contributed by atoms with Crippen molar-refractivity contribution in [3.8, 4) is 22.3 Å². The van der Waals surface area contributed by atoms with Gasteiger partial charge in [0.05, 0.1) is 0 Å². The molecule has 6 aromatic rings. The number of halogens is 2. The van der Waals surface area contributed by atoms with Crippen LogP contribution < -0.4 is 0 Å². The topological polar surface area (TPSA) is 0 Å². The van der Waals surface area contributed by atoms with Crippen molar-refractivity contribution >= 4 is 48.1 Å². The summed E-state index contributed by atoms with van der Waals surface area (Å²) in [6.45, 7) is 8.79. The molecule has 0 aliphatic heterocycles. The predicted molar refractivity (Wildman–Crippen MR) is 257 cm³/mol. The Morgan fingerprint density at radius 2 is 0.879 bits per heavy atom. The third-order valence-electron chi connectivity index (χ3n) is 12.2. The van der Waals surface area contributed by atoms with Crippen molar-refractivity contribution in [2.45, 2.75) is 143 Å². The van der Waals surface area contributed by atoms with Gasteiger partial charge < -0.3 is 0 Å². The fourth-order valence-electron chi connectivity index (χ4n) is 9.41. The van der Waals surface area contributed by atoms with Gasteiger partial charge in [0.2, 0.25) is 0 Å². The molecule has 2 saturated carbocycles. The zero-order valence-electron chi connectivity index (χ0n) is 36.0. The van der Waals surface area contributed by atoms with Crippen LogP contribution in [0.15, 0.2) is 109 Å². The Kier molecular flexibility index (Phi) is 21.2. The molecule has 0 amide bonds. The van der Waals surface area contributed by atoms with E-state index in [-0.39, 0.29) is 0 Å². The van der Waals surface area contributed by atoms with Crippen molar-refractivity contribution in [3.05, 3.63) is 131 Å². The van der Waals surface area contributed by atoms with Gasteiger partial charge in [-0.05, 0) is 59.8 Å². The molecule has 0 nitrogen and oxygen atoms in total. The monoisotopic (exact) mass is 904 g/mol. The second-order valence-electron chi connectivity index (χ2n) is 16.9. The first-order chi connectivity index (χ1) is 28.5. The van der Waals surface area contributed by atoms with Gasteiger partial charge in [-0.15, -0.1) is 69.1 Å². The first-order valence-electron chi connectivity index (χ1n) is 22.6. The van der Waals surface area contributed by atoms with Crippen molar-refractivity contribution in [2.24, 2.45) is 11.8 Å². The fraction of sp³-hybridized carbons (Fsp3) is 0.444. The third kappa shape index (κ3) is 14.5. The van der Waals surface area contributed by atoms with E-state index >= 15 is 0 Å². The van der Waals surface area contributed by atoms with Crippen LogP contribution in [0.1, 0.15) is 126 Å². The minimum atomic E-state index is -0.826. The van der Waals surface area contributed by atoms with E-state index in [4.69, 9.17) is 17.0 Å². The summed E-state index contributed by atoms with van der Waals surface area (Å²) < 4.78 is 0. The summed E-state index contributed by atoms with van der Waals surface area (Å²) in [5.41, 5.74) is 11.4. The molecule has 0 saturated heterocycles. The molecule has 0 spiro atoms. The van der Waals surface area contributed by atoms with Gasteiger partial charge in [-0.1, -0.05) is 189 Å². The minimum absolute atomic E-state index is 0.826. The zero-order chi connectivity index (χ0) is 41.0. The molecule has 2 radical (unpaired) electrons. The van der Waals surface area contributed by atoms with E-state index in [1.165, 1.54) is 171 Å². The molecule has 0 unspecified atom stereocenters. The van der Waals surface area contributed by atoms with Gasteiger partial charge in [-0.3, -0.25) is 0 Å². The van der Waals surface area contributed by atoms with Crippen LogP contribution in [0.4, 0.5) is 0 Å². The van der Waals surface area contributed by atoms with Crippen LogP contribution in [-0.4, -0.2) is 9.52 Å². The molecule has 6 aromatic carbocycles. The average Bonchev–Trinajstić information content (AvgIpc) is 3.62. The summed E-state index contributed by atoms with van der Waals surface area (Å²) in [5.74, 6) is 1.79. The van der Waals surface area contributed by atoms with E-state index in [9.17, 15) is 0 Å². The second-order valence-corrected chi connectivity index (χ2v) is 21.7. The number of hydrogen-bond acceptors (Lipinski definition) is 0. The van der Waals surface area contributed by atoms with E-state index in [2.05, 4.69) is 136 Å². The van der Waals surface area contributed by atoms with E-state index < -0.39 is 20.8 Å². The van der Waals surface area contributed by atoms with Crippen molar-refractivity contribution in [1.29, 1.82) is 0 Å². The Hall–Kier alpha value is -2.22. The number of aryl methyl sites for hydroxylation is 2. The summed E-state index contributed by atoms with van der Waals surface area (Å²) >= 11 is -0.826. The van der Waals surface area contributed by atoms with E-state index in [0.717, 1.165) is 21.4 Å². The quantitative estimate of drug-likeness (QED) is 0.0730. The number of rotatable bonds is 10. The molecule has 2 fully saturated rings. The third-order valence-corrected chi connectivity index (χ3v) is 12.2. The van der Waals surface area contributed by atoms with Gasteiger partial charge in [0.25, 0.3) is 0 Å². The van der Waals surface area contributed by atoms with Gasteiger partial charge in [0, 0.05) is 9.52 Å². The summed E-state index contributed by atoms with van der Waals surface area (Å²) in [6.07, 6.45) is 24.5. The maximum absolute atomic E-state index is 4.93. The zero-order valence-corrected chi connectivity index (χ0v) is 41.0. The van der Waals surface area contributed by atoms with Crippen LogP contribution >= 0.6 is 17.0 Å². The first-order valence-corrected chi connectivity index (χ1v) is 30.9. The molecular weight excluding hydrogens is 839 g/mol. The van der Waals surface area contributed by atoms with Gasteiger partial charge in [0.1, 0.15) is 0 Å². The maximum atomic E-state index is 4.93. The van der Waals surface area contributed by atoms with Crippen LogP contribution in [-0.2, 0) is 46.5 Å². The van der Waals surface area contributed by atoms with Crippen molar-refractivity contribution in [3.63, 3.8) is 0 Å². The standard InChI is InChI=1S/2C26H31.C2H6Si.2ClH.Zr/c2*1-2-8-20-13-15-23(16-14-20)25-12-7-11-24-18-22(19-26(24)25)17-21-9-5-3-4-6-10-21;1-3-2;;;/h2*7,11-16,18-19,21H,2-6,8-10,17H2,1H3;1-2H3;2*1H;/q2*-1;;;;+4/p-2. The molecule has 0 heterocycles. The molecule has 0 aromatic heterocycles. The average molecular weight is 907 g/mol. The van der Waals surface area contributed by atoms with Crippen LogP contribution in [0.2, 0.25) is 13.1 Å². The van der Waals surface area contributed by atoms with Crippen LogP contribution in [0, 0.1) is 11.8 Å². The van der Waals surface area contributed by atoms with Crippen molar-refractivity contribution in [2.75, 3.05) is 0 Å². The first kappa shape index (κ1) is 46.8. The summed E-state index contributed by atoms with van der Waals surface area (Å²) in [6, 6.07) is 41.8. The molecule has 0 atom stereocenters. The number of benzene rings is 4. The second kappa shape index (κ2) is 26.2. The Morgan fingerprint density at radius 1 is 0.534 bits per heavy atom. The summed E-state index contributed by atoms with van der Waals surface area (Å²) in [4.78, 5) is 0. The van der Waals surface area contributed by atoms with Crippen LogP contribution in [0.25, 0.3) is 43.8 Å². The molecule has 0 N–H and O–H groups in total. The van der Waals surface area contributed by atoms with E-state index in [1.807, 2.05) is 0 Å². The molecule has 4 heteroatoms. The molecular formula is C54H68Cl2SiZr. The number of fused-ring (bicyclic) bond motifs is 2. The van der Waals surface area contributed by atoms with Crippen LogP contribution in [0.3, 0.4) is 0 Å². The van der Waals surface area contributed by atoms with Crippen molar-refractivity contribution < 1.29 is 20.8 Å². The SMILES string of the molecule is CCCc1ccc(-c2cccc3[cH-]c(CC4CCCCCC4)cc23)cc1.CCCc1ccc(-c2cccc3[cH-]c(CC4CCCCCC4)cc23)cc1.C[Si]C.[Cl][Zr+2][Cl]. The molecule has 0 bridgehead atoms. The van der Waals surface area contributed by atoms with E-state index in [1.54, 1.807) is 11.1 Å². The predicted octanol–water partition coefficient (Wildman–Crippen LogP) is 17.5. The van der Waals surface area contributed by atoms with Gasteiger partial charge in [-0.25, -0.2) is 0 Å². The van der Waals surface area contributed by atoms with Crippen molar-refractivity contribution in [1.82, 2.24) is 0 Å². The van der Waals surface area contributed by atoms with Gasteiger partial charge in [-0.2, -0.15) is 12.1 Å². The summed E-state index contributed by atoms with van der Waals surface area (Å²) in [7, 11) is 11.0. The van der Waals surface area contributed by atoms with Gasteiger partial charge in [0.15, 0.2) is 0 Å². The molecule has 2 aliphatic rings. The molecule has 2 aliphatic carbocycles. The Morgan fingerprint density at radius 3 is 1.21 bits per heavy atom. The van der Waals surface area contributed by atoms with Crippen LogP contribution in [0.5, 0.6) is 0 Å². The normalized spacial score (nSPS) is 14.9. The molecule has 58 heavy (non-hydrogen) atoms. The van der Waals surface area contributed by atoms with E-state index in [0.29, 0.717) is 0 Å². The van der Waals surface area contributed by atoms with Gasteiger partial charge >= 0.3 is 37.9 Å². The Labute approximate surface area is 374 Å². The number of hydrogen-bond donors (Lipinski definition) is 0. The summed E-state index contributed by atoms with van der Waals surface area (Å²) in [5, 5.41) is 5.67.